The quantitative estimate of drug-likeness (QED) is 0.724. The Bertz CT molecular complexity index is 928. The molecular formula is C18H17N3O3. The van der Waals surface area contributed by atoms with Gasteiger partial charge in [0.25, 0.3) is 0 Å². The minimum Gasteiger partial charge on any atom is -0.504 e. The lowest BCUT2D eigenvalue weighted by atomic mass is 10.2. The summed E-state index contributed by atoms with van der Waals surface area (Å²) in [6, 6.07) is 10.5. The van der Waals surface area contributed by atoms with Crippen LogP contribution < -0.4 is 10.1 Å². The van der Waals surface area contributed by atoms with Gasteiger partial charge in [0.15, 0.2) is 11.5 Å². The number of anilines is 1. The summed E-state index contributed by atoms with van der Waals surface area (Å²) < 4.78 is 6.87. The van der Waals surface area contributed by atoms with Gasteiger partial charge in [-0.25, -0.2) is 4.98 Å². The fourth-order valence-electron chi connectivity index (χ4n) is 2.42. The van der Waals surface area contributed by atoms with E-state index in [4.69, 9.17) is 4.74 Å². The summed E-state index contributed by atoms with van der Waals surface area (Å²) in [5.41, 5.74) is 3.03. The van der Waals surface area contributed by atoms with Crippen molar-refractivity contribution >= 4 is 28.7 Å². The molecule has 3 rings (SSSR count). The molecule has 6 heteroatoms. The lowest BCUT2D eigenvalue weighted by molar-refractivity contribution is -0.111. The van der Waals surface area contributed by atoms with Crippen LogP contribution in [0.25, 0.3) is 17.1 Å². The largest absolute Gasteiger partial charge is 0.504 e. The number of carbonyl (C=O) groups excluding carboxylic acids is 1. The normalized spacial score (nSPS) is 11.1. The second-order valence-corrected chi connectivity index (χ2v) is 5.28. The minimum atomic E-state index is -0.275. The van der Waals surface area contributed by atoms with Crippen molar-refractivity contribution in [2.24, 2.45) is 7.05 Å². The van der Waals surface area contributed by atoms with Gasteiger partial charge in [0.2, 0.25) is 5.91 Å². The van der Waals surface area contributed by atoms with Gasteiger partial charge in [0, 0.05) is 13.1 Å². The topological polar surface area (TPSA) is 76.4 Å². The van der Waals surface area contributed by atoms with Gasteiger partial charge in [0.05, 0.1) is 24.6 Å². The first-order valence-electron chi connectivity index (χ1n) is 7.34. The number of carbonyl (C=O) groups is 1. The van der Waals surface area contributed by atoms with Gasteiger partial charge >= 0.3 is 0 Å². The molecule has 0 saturated carbocycles. The highest BCUT2D eigenvalue weighted by atomic mass is 16.5. The van der Waals surface area contributed by atoms with Crippen LogP contribution in [0.1, 0.15) is 5.56 Å². The number of para-hydroxylation sites is 1. The second-order valence-electron chi connectivity index (χ2n) is 5.28. The summed E-state index contributed by atoms with van der Waals surface area (Å²) in [6.07, 6.45) is 4.73. The van der Waals surface area contributed by atoms with E-state index in [2.05, 4.69) is 10.3 Å². The van der Waals surface area contributed by atoms with Gasteiger partial charge in [-0.1, -0.05) is 12.1 Å². The minimum absolute atomic E-state index is 0.0262. The Balaban J connectivity index is 1.76. The number of imidazole rings is 1. The average molecular weight is 323 g/mol. The Morgan fingerprint density at radius 3 is 2.92 bits per heavy atom. The average Bonchev–Trinajstić information content (AvgIpc) is 2.96. The first-order valence-corrected chi connectivity index (χ1v) is 7.34. The van der Waals surface area contributed by atoms with Crippen LogP contribution in [-0.2, 0) is 11.8 Å². The number of benzene rings is 2. The second kappa shape index (κ2) is 6.45. The molecule has 0 aliphatic carbocycles. The third-order valence-corrected chi connectivity index (χ3v) is 3.64. The van der Waals surface area contributed by atoms with Crippen LogP contribution in [0.5, 0.6) is 11.5 Å². The molecule has 122 valence electrons. The molecule has 2 aromatic carbocycles. The Hall–Kier alpha value is -3.28. The summed E-state index contributed by atoms with van der Waals surface area (Å²) in [6.45, 7) is 0. The van der Waals surface area contributed by atoms with Crippen LogP contribution in [0, 0.1) is 0 Å². The van der Waals surface area contributed by atoms with E-state index in [0.29, 0.717) is 17.0 Å². The number of rotatable bonds is 4. The van der Waals surface area contributed by atoms with Crippen LogP contribution in [0.4, 0.5) is 5.69 Å². The Kier molecular flexibility index (Phi) is 4.20. The van der Waals surface area contributed by atoms with Gasteiger partial charge in [-0.2, -0.15) is 0 Å². The van der Waals surface area contributed by atoms with Gasteiger partial charge in [-0.05, 0) is 35.9 Å². The molecule has 0 aliphatic heterocycles. The Morgan fingerprint density at radius 2 is 2.17 bits per heavy atom. The van der Waals surface area contributed by atoms with Crippen molar-refractivity contribution in [3.63, 3.8) is 0 Å². The van der Waals surface area contributed by atoms with Crippen LogP contribution in [0.15, 0.2) is 48.8 Å². The predicted octanol–water partition coefficient (Wildman–Crippen LogP) is 2.94. The molecule has 1 amide bonds. The lowest BCUT2D eigenvalue weighted by Crippen LogP contribution is -2.08. The zero-order valence-corrected chi connectivity index (χ0v) is 13.4. The van der Waals surface area contributed by atoms with E-state index >= 15 is 0 Å². The van der Waals surface area contributed by atoms with Crippen molar-refractivity contribution in [1.29, 1.82) is 0 Å². The maximum Gasteiger partial charge on any atom is 0.248 e. The Morgan fingerprint density at radius 1 is 1.33 bits per heavy atom. The number of hydrogen-bond acceptors (Lipinski definition) is 4. The maximum absolute atomic E-state index is 12.1. The van der Waals surface area contributed by atoms with E-state index in [1.54, 1.807) is 30.6 Å². The number of methoxy groups -OCH3 is 1. The van der Waals surface area contributed by atoms with Crippen molar-refractivity contribution in [3.05, 3.63) is 54.4 Å². The fraction of sp³-hybridized carbons (Fsp3) is 0.111. The number of nitrogens with zero attached hydrogens (tertiary/aromatic N) is 2. The molecule has 0 atom stereocenters. The molecule has 0 aliphatic rings. The van der Waals surface area contributed by atoms with Crippen molar-refractivity contribution in [3.8, 4) is 11.5 Å². The van der Waals surface area contributed by atoms with Crippen LogP contribution >= 0.6 is 0 Å². The van der Waals surface area contributed by atoms with E-state index in [1.807, 2.05) is 23.7 Å². The summed E-state index contributed by atoms with van der Waals surface area (Å²) in [4.78, 5) is 16.4. The number of amides is 1. The molecule has 0 spiro atoms. The van der Waals surface area contributed by atoms with Crippen molar-refractivity contribution in [2.45, 2.75) is 0 Å². The number of phenolic OH excluding ortho intramolecular Hbond substituents is 1. The van der Waals surface area contributed by atoms with E-state index in [1.165, 1.54) is 19.3 Å². The molecule has 1 heterocycles. The van der Waals surface area contributed by atoms with E-state index < -0.39 is 0 Å². The van der Waals surface area contributed by atoms with E-state index in [-0.39, 0.29) is 11.7 Å². The van der Waals surface area contributed by atoms with Gasteiger partial charge in [-0.15, -0.1) is 0 Å². The molecular weight excluding hydrogens is 306 g/mol. The SMILES string of the molecule is COc1ccc(/C=C/C(=O)Nc2cccc3c2ncn3C)cc1O. The van der Waals surface area contributed by atoms with Crippen molar-refractivity contribution in [2.75, 3.05) is 12.4 Å². The standard InChI is InChI=1S/C18H17N3O3/c1-21-11-19-18-13(4-3-5-14(18)21)20-17(23)9-7-12-6-8-16(24-2)15(22)10-12/h3-11,22H,1-2H3,(H,20,23)/b9-7+. The first kappa shape index (κ1) is 15.6. The maximum atomic E-state index is 12.1. The summed E-state index contributed by atoms with van der Waals surface area (Å²) in [5, 5.41) is 12.6. The molecule has 2 N–H and O–H groups in total. The molecule has 0 unspecified atom stereocenters. The summed E-state index contributed by atoms with van der Waals surface area (Å²) >= 11 is 0. The van der Waals surface area contributed by atoms with Crippen LogP contribution in [-0.4, -0.2) is 27.7 Å². The number of phenols is 1. The number of aryl methyl sites for hydroxylation is 1. The monoisotopic (exact) mass is 323 g/mol. The van der Waals surface area contributed by atoms with Gasteiger partial charge < -0.3 is 19.7 Å². The van der Waals surface area contributed by atoms with Crippen LogP contribution in [0.2, 0.25) is 0 Å². The van der Waals surface area contributed by atoms with Gasteiger partial charge in [0.1, 0.15) is 5.52 Å². The zero-order chi connectivity index (χ0) is 17.1. The summed E-state index contributed by atoms with van der Waals surface area (Å²) in [5.74, 6) is 0.139. The highest BCUT2D eigenvalue weighted by Gasteiger charge is 2.07. The zero-order valence-electron chi connectivity index (χ0n) is 13.4. The number of hydrogen-bond donors (Lipinski definition) is 2. The third kappa shape index (κ3) is 3.08. The molecule has 1 aromatic heterocycles. The number of nitrogens with one attached hydrogen (secondary N) is 1. The van der Waals surface area contributed by atoms with Gasteiger partial charge in [-0.3, -0.25) is 4.79 Å². The van der Waals surface area contributed by atoms with Crippen molar-refractivity contribution < 1.29 is 14.6 Å². The Labute approximate surface area is 139 Å². The summed E-state index contributed by atoms with van der Waals surface area (Å²) in [7, 11) is 3.38. The highest BCUT2D eigenvalue weighted by molar-refractivity contribution is 6.06. The molecule has 0 saturated heterocycles. The van der Waals surface area contributed by atoms with Crippen molar-refractivity contribution in [1.82, 2.24) is 9.55 Å². The number of aromatic nitrogens is 2. The fourth-order valence-corrected chi connectivity index (χ4v) is 2.42. The molecule has 0 radical (unpaired) electrons. The molecule has 0 fully saturated rings. The molecule has 3 aromatic rings. The predicted molar refractivity (Wildman–Crippen MR) is 93.0 cm³/mol. The van der Waals surface area contributed by atoms with E-state index in [0.717, 1.165) is 11.0 Å². The number of ether oxygens (including phenoxy) is 1. The highest BCUT2D eigenvalue weighted by Crippen LogP contribution is 2.26. The van der Waals surface area contributed by atoms with E-state index in [9.17, 15) is 9.90 Å². The van der Waals surface area contributed by atoms with Crippen LogP contribution in [0.3, 0.4) is 0 Å². The number of aromatic hydroxyl groups is 1. The molecule has 6 nitrogen and oxygen atoms in total. The smallest absolute Gasteiger partial charge is 0.248 e. The molecule has 24 heavy (non-hydrogen) atoms. The third-order valence-electron chi connectivity index (χ3n) is 3.64. The lowest BCUT2D eigenvalue weighted by Gasteiger charge is -2.04. The first-order chi connectivity index (χ1) is 11.6. The molecule has 0 bridgehead atoms. The number of fused-ring (bicyclic) bond motifs is 1.